The van der Waals surface area contributed by atoms with Gasteiger partial charge < -0.3 is 15.0 Å². The van der Waals surface area contributed by atoms with Gasteiger partial charge in [-0.2, -0.15) is 0 Å². The minimum Gasteiger partial charge on any atom is -0.465 e. The molecule has 0 bridgehead atoms. The van der Waals surface area contributed by atoms with Crippen molar-refractivity contribution in [3.63, 3.8) is 0 Å². The molecular weight excluding hydrogens is 373 g/mol. The summed E-state index contributed by atoms with van der Waals surface area (Å²) >= 11 is 12.7. The fourth-order valence-electron chi connectivity index (χ4n) is 2.17. The number of halogens is 2. The Balaban J connectivity index is 2.26. The van der Waals surface area contributed by atoms with Crippen molar-refractivity contribution >= 4 is 52.6 Å². The number of esters is 1. The van der Waals surface area contributed by atoms with Crippen molar-refractivity contribution in [2.24, 2.45) is 4.99 Å². The van der Waals surface area contributed by atoms with Crippen molar-refractivity contribution in [1.82, 2.24) is 4.90 Å². The lowest BCUT2D eigenvalue weighted by atomic mass is 10.1. The predicted molar refractivity (Wildman–Crippen MR) is 109 cm³/mol. The first-order chi connectivity index (χ1) is 12.3. The monoisotopic (exact) mass is 393 g/mol. The first-order valence-corrected chi connectivity index (χ1v) is 8.80. The molecule has 7 heteroatoms. The lowest BCUT2D eigenvalue weighted by Crippen LogP contribution is -2.14. The molecule has 26 heavy (non-hydrogen) atoms. The van der Waals surface area contributed by atoms with Gasteiger partial charge in [0.05, 0.1) is 40.4 Å². The van der Waals surface area contributed by atoms with E-state index in [0.29, 0.717) is 27.0 Å². The highest BCUT2D eigenvalue weighted by molar-refractivity contribution is 6.37. The molecule has 0 aliphatic heterocycles. The van der Waals surface area contributed by atoms with E-state index in [2.05, 4.69) is 10.3 Å². The maximum Gasteiger partial charge on any atom is 0.337 e. The van der Waals surface area contributed by atoms with Gasteiger partial charge in [0.15, 0.2) is 0 Å². The number of nitrogens with zero attached hydrogens (tertiary/aromatic N) is 2. The molecule has 0 saturated carbocycles. The van der Waals surface area contributed by atoms with Gasteiger partial charge in [0, 0.05) is 19.3 Å². The summed E-state index contributed by atoms with van der Waals surface area (Å²) in [5, 5.41) is 4.22. The van der Waals surface area contributed by atoms with Crippen molar-refractivity contribution < 1.29 is 9.53 Å². The topological polar surface area (TPSA) is 53.9 Å². The number of nitrogens with one attached hydrogen (secondary N) is 1. The zero-order valence-electron chi connectivity index (χ0n) is 15.1. The molecule has 0 aliphatic carbocycles. The molecule has 5 nitrogen and oxygen atoms in total. The van der Waals surface area contributed by atoms with Crippen LogP contribution in [0.5, 0.6) is 0 Å². The van der Waals surface area contributed by atoms with E-state index in [4.69, 9.17) is 27.9 Å². The van der Waals surface area contributed by atoms with Gasteiger partial charge in [-0.3, -0.25) is 0 Å². The maximum atomic E-state index is 11.6. The Kier molecular flexibility index (Phi) is 6.89. The molecule has 0 aromatic heterocycles. The number of carbonyl (C=O) groups excluding carboxylic acids is 1. The van der Waals surface area contributed by atoms with E-state index in [1.807, 2.05) is 25.8 Å². The van der Waals surface area contributed by atoms with Crippen LogP contribution in [-0.2, 0) is 4.74 Å². The van der Waals surface area contributed by atoms with Crippen LogP contribution in [0, 0.1) is 6.92 Å². The second-order valence-electron chi connectivity index (χ2n) is 5.75. The van der Waals surface area contributed by atoms with E-state index in [0.717, 1.165) is 17.8 Å². The molecule has 2 rings (SSSR count). The Morgan fingerprint density at radius 2 is 1.96 bits per heavy atom. The standard InChI is InChI=1S/C19H21Cl2N3O2/c1-5-24(3)11-22-17-9-15(21)18(10-14(17)20)23-16-7-6-13(8-12(16)2)19(25)26-4/h6-11,23H,5H2,1-4H3. The second-order valence-corrected chi connectivity index (χ2v) is 6.56. The summed E-state index contributed by atoms with van der Waals surface area (Å²) in [6, 6.07) is 8.69. The summed E-state index contributed by atoms with van der Waals surface area (Å²) in [7, 11) is 3.28. The average molecular weight is 394 g/mol. The smallest absolute Gasteiger partial charge is 0.337 e. The third-order valence-electron chi connectivity index (χ3n) is 3.85. The molecule has 0 spiro atoms. The zero-order valence-corrected chi connectivity index (χ0v) is 16.6. The Labute approximate surface area is 163 Å². The van der Waals surface area contributed by atoms with Gasteiger partial charge in [-0.15, -0.1) is 0 Å². The summed E-state index contributed by atoms with van der Waals surface area (Å²) in [5.74, 6) is -0.375. The van der Waals surface area contributed by atoms with E-state index < -0.39 is 0 Å². The summed E-state index contributed by atoms with van der Waals surface area (Å²) in [6.07, 6.45) is 1.71. The highest BCUT2D eigenvalue weighted by Crippen LogP contribution is 2.36. The van der Waals surface area contributed by atoms with Crippen molar-refractivity contribution in [3.05, 3.63) is 51.5 Å². The molecule has 0 unspecified atom stereocenters. The fraction of sp³-hybridized carbons (Fsp3) is 0.263. The first-order valence-electron chi connectivity index (χ1n) is 8.05. The van der Waals surface area contributed by atoms with Crippen LogP contribution in [0.3, 0.4) is 0 Å². The number of aryl methyl sites for hydroxylation is 1. The van der Waals surface area contributed by atoms with Crippen LogP contribution < -0.4 is 5.32 Å². The number of benzene rings is 2. The minimum absolute atomic E-state index is 0.375. The number of rotatable bonds is 6. The van der Waals surface area contributed by atoms with Crippen LogP contribution in [-0.4, -0.2) is 37.9 Å². The van der Waals surface area contributed by atoms with Gasteiger partial charge in [-0.05, 0) is 49.7 Å². The number of hydrogen-bond donors (Lipinski definition) is 1. The molecule has 0 amide bonds. The minimum atomic E-state index is -0.375. The summed E-state index contributed by atoms with van der Waals surface area (Å²) < 4.78 is 4.73. The van der Waals surface area contributed by atoms with Crippen LogP contribution in [0.4, 0.5) is 17.1 Å². The lowest BCUT2D eigenvalue weighted by Gasteiger charge is -2.14. The predicted octanol–water partition coefficient (Wildman–Crippen LogP) is 5.44. The van der Waals surface area contributed by atoms with Gasteiger partial charge in [0.2, 0.25) is 0 Å². The molecule has 0 fully saturated rings. The van der Waals surface area contributed by atoms with Crippen LogP contribution >= 0.6 is 23.2 Å². The number of aliphatic imine (C=N–C) groups is 1. The van der Waals surface area contributed by atoms with Crippen molar-refractivity contribution in [3.8, 4) is 0 Å². The van der Waals surface area contributed by atoms with Crippen LogP contribution in [0.25, 0.3) is 0 Å². The quantitative estimate of drug-likeness (QED) is 0.403. The molecule has 1 N–H and O–H groups in total. The largest absolute Gasteiger partial charge is 0.465 e. The third-order valence-corrected chi connectivity index (χ3v) is 4.46. The van der Waals surface area contributed by atoms with E-state index in [1.54, 1.807) is 36.7 Å². The van der Waals surface area contributed by atoms with Gasteiger partial charge >= 0.3 is 5.97 Å². The molecule has 0 atom stereocenters. The number of anilines is 2. The average Bonchev–Trinajstić information content (AvgIpc) is 2.63. The third kappa shape index (κ3) is 4.90. The second kappa shape index (κ2) is 8.92. The van der Waals surface area contributed by atoms with Crippen LogP contribution in [0.2, 0.25) is 10.0 Å². The highest BCUT2D eigenvalue weighted by atomic mass is 35.5. The molecule has 138 valence electrons. The van der Waals surface area contributed by atoms with Gasteiger partial charge in [-0.25, -0.2) is 9.79 Å². The molecule has 2 aromatic carbocycles. The lowest BCUT2D eigenvalue weighted by molar-refractivity contribution is 0.0600. The van der Waals surface area contributed by atoms with Gasteiger partial charge in [0.25, 0.3) is 0 Å². The van der Waals surface area contributed by atoms with Crippen molar-refractivity contribution in [2.75, 3.05) is 26.0 Å². The molecule has 0 aliphatic rings. The van der Waals surface area contributed by atoms with E-state index >= 15 is 0 Å². The summed E-state index contributed by atoms with van der Waals surface area (Å²) in [4.78, 5) is 17.9. The van der Waals surface area contributed by atoms with Gasteiger partial charge in [-0.1, -0.05) is 23.2 Å². The van der Waals surface area contributed by atoms with Crippen molar-refractivity contribution in [1.29, 1.82) is 0 Å². The molecule has 0 heterocycles. The summed E-state index contributed by atoms with van der Waals surface area (Å²) in [5.41, 5.74) is 3.45. The number of hydrogen-bond acceptors (Lipinski definition) is 4. The molecular formula is C19H21Cl2N3O2. The fourth-order valence-corrected chi connectivity index (χ4v) is 2.58. The Morgan fingerprint density at radius 3 is 2.58 bits per heavy atom. The van der Waals surface area contributed by atoms with Crippen molar-refractivity contribution in [2.45, 2.75) is 13.8 Å². The normalized spacial score (nSPS) is 10.8. The molecule has 0 radical (unpaired) electrons. The summed E-state index contributed by atoms with van der Waals surface area (Å²) in [6.45, 7) is 4.76. The maximum absolute atomic E-state index is 11.6. The number of methoxy groups -OCH3 is 1. The Bertz CT molecular complexity index is 838. The Hall–Kier alpha value is -2.24. The molecule has 2 aromatic rings. The first kappa shape index (κ1) is 20.1. The van der Waals surface area contributed by atoms with E-state index in [1.165, 1.54) is 7.11 Å². The SMILES string of the molecule is CCN(C)C=Nc1cc(Cl)c(Nc2ccc(C(=O)OC)cc2C)cc1Cl. The Morgan fingerprint density at radius 1 is 1.23 bits per heavy atom. The van der Waals surface area contributed by atoms with E-state index in [-0.39, 0.29) is 5.97 Å². The van der Waals surface area contributed by atoms with Gasteiger partial charge in [0.1, 0.15) is 0 Å². The number of carbonyl (C=O) groups is 1. The molecule has 0 saturated heterocycles. The number of ether oxygens (including phenoxy) is 1. The highest BCUT2D eigenvalue weighted by Gasteiger charge is 2.11. The zero-order chi connectivity index (χ0) is 19.3. The van der Waals surface area contributed by atoms with Crippen LogP contribution in [0.1, 0.15) is 22.8 Å². The van der Waals surface area contributed by atoms with E-state index in [9.17, 15) is 4.79 Å². The van der Waals surface area contributed by atoms with Crippen LogP contribution in [0.15, 0.2) is 35.3 Å².